The van der Waals surface area contributed by atoms with E-state index in [1.54, 1.807) is 0 Å². The molecule has 1 unspecified atom stereocenters. The maximum atomic E-state index is 12.4. The Morgan fingerprint density at radius 1 is 1.35 bits per heavy atom. The van der Waals surface area contributed by atoms with E-state index >= 15 is 0 Å². The third-order valence-corrected chi connectivity index (χ3v) is 3.95. The minimum atomic E-state index is 0.0312. The molecule has 4 nitrogen and oxygen atoms in total. The van der Waals surface area contributed by atoms with Crippen LogP contribution in [0.3, 0.4) is 0 Å². The number of piperidine rings is 1. The van der Waals surface area contributed by atoms with E-state index in [1.807, 2.05) is 29.2 Å². The number of likely N-dealkylation sites (tertiary alicyclic amines) is 1. The molecular formula is C16H25N3O. The van der Waals surface area contributed by atoms with Crippen molar-refractivity contribution < 1.29 is 4.79 Å². The number of urea groups is 1. The first kappa shape index (κ1) is 14.9. The van der Waals surface area contributed by atoms with Crippen LogP contribution in [0.4, 0.5) is 10.5 Å². The maximum absolute atomic E-state index is 12.4. The predicted molar refractivity (Wildman–Crippen MR) is 82.6 cm³/mol. The highest BCUT2D eigenvalue weighted by molar-refractivity contribution is 5.89. The molecule has 0 spiro atoms. The Hall–Kier alpha value is -1.55. The first-order chi connectivity index (χ1) is 9.74. The fourth-order valence-corrected chi connectivity index (χ4v) is 2.82. The zero-order valence-electron chi connectivity index (χ0n) is 12.3. The van der Waals surface area contributed by atoms with Gasteiger partial charge in [0.15, 0.2) is 0 Å². The highest BCUT2D eigenvalue weighted by atomic mass is 16.2. The van der Waals surface area contributed by atoms with Gasteiger partial charge >= 0.3 is 6.03 Å². The van der Waals surface area contributed by atoms with Gasteiger partial charge in [0.1, 0.15) is 0 Å². The average Bonchev–Trinajstić information content (AvgIpc) is 2.49. The minimum absolute atomic E-state index is 0.0312. The Morgan fingerprint density at radius 3 is 2.75 bits per heavy atom. The molecule has 0 aromatic heterocycles. The van der Waals surface area contributed by atoms with Crippen molar-refractivity contribution in [3.8, 4) is 0 Å². The Kier molecular flexibility index (Phi) is 5.41. The lowest BCUT2D eigenvalue weighted by Crippen LogP contribution is -2.45. The molecule has 1 aliphatic heterocycles. The monoisotopic (exact) mass is 275 g/mol. The van der Waals surface area contributed by atoms with Crippen molar-refractivity contribution in [2.24, 2.45) is 5.73 Å². The molecule has 1 fully saturated rings. The molecule has 0 saturated carbocycles. The molecule has 2 amide bonds. The Labute approximate surface area is 121 Å². The number of hydrogen-bond acceptors (Lipinski definition) is 2. The van der Waals surface area contributed by atoms with E-state index in [1.165, 1.54) is 6.42 Å². The van der Waals surface area contributed by atoms with Crippen molar-refractivity contribution in [2.45, 2.75) is 51.6 Å². The van der Waals surface area contributed by atoms with Gasteiger partial charge in [-0.15, -0.1) is 0 Å². The molecule has 3 N–H and O–H groups in total. The van der Waals surface area contributed by atoms with E-state index in [0.717, 1.165) is 43.5 Å². The fourth-order valence-electron chi connectivity index (χ4n) is 2.82. The lowest BCUT2D eigenvalue weighted by Gasteiger charge is -2.35. The molecule has 110 valence electrons. The van der Waals surface area contributed by atoms with Crippen molar-refractivity contribution in [3.05, 3.63) is 29.8 Å². The molecule has 0 aliphatic carbocycles. The number of anilines is 1. The van der Waals surface area contributed by atoms with Crippen LogP contribution in [0.2, 0.25) is 0 Å². The second-order valence-corrected chi connectivity index (χ2v) is 5.46. The van der Waals surface area contributed by atoms with Crippen molar-refractivity contribution in [2.75, 3.05) is 11.9 Å². The van der Waals surface area contributed by atoms with Crippen molar-refractivity contribution in [1.29, 1.82) is 0 Å². The largest absolute Gasteiger partial charge is 0.326 e. The summed E-state index contributed by atoms with van der Waals surface area (Å²) in [6.45, 7) is 3.58. The predicted octanol–water partition coefficient (Wildman–Crippen LogP) is 3.33. The van der Waals surface area contributed by atoms with Gasteiger partial charge in [0.25, 0.3) is 0 Å². The zero-order valence-corrected chi connectivity index (χ0v) is 12.3. The molecule has 1 atom stereocenters. The Morgan fingerprint density at radius 2 is 2.10 bits per heavy atom. The van der Waals surface area contributed by atoms with E-state index in [9.17, 15) is 4.79 Å². The van der Waals surface area contributed by atoms with E-state index in [2.05, 4.69) is 12.2 Å². The smallest absolute Gasteiger partial charge is 0.322 e. The Balaban J connectivity index is 1.98. The molecule has 1 saturated heterocycles. The van der Waals surface area contributed by atoms with Crippen LogP contribution in [0.25, 0.3) is 0 Å². The number of carbonyl (C=O) groups excluding carboxylic acids is 1. The molecule has 1 aromatic carbocycles. The fraction of sp³-hybridized carbons (Fsp3) is 0.562. The van der Waals surface area contributed by atoms with Gasteiger partial charge in [-0.25, -0.2) is 4.79 Å². The van der Waals surface area contributed by atoms with Crippen LogP contribution >= 0.6 is 0 Å². The van der Waals surface area contributed by atoms with Gasteiger partial charge in [-0.05, 0) is 43.4 Å². The van der Waals surface area contributed by atoms with Crippen LogP contribution in [-0.4, -0.2) is 23.5 Å². The number of nitrogens with zero attached hydrogens (tertiary/aromatic N) is 1. The summed E-state index contributed by atoms with van der Waals surface area (Å²) in [7, 11) is 0. The van der Waals surface area contributed by atoms with Gasteiger partial charge in [-0.3, -0.25) is 0 Å². The average molecular weight is 275 g/mol. The van der Waals surface area contributed by atoms with E-state index in [-0.39, 0.29) is 6.03 Å². The van der Waals surface area contributed by atoms with Gasteiger partial charge in [-0.2, -0.15) is 0 Å². The van der Waals surface area contributed by atoms with Gasteiger partial charge in [0.2, 0.25) is 0 Å². The van der Waals surface area contributed by atoms with Crippen LogP contribution in [0, 0.1) is 0 Å². The summed E-state index contributed by atoms with van der Waals surface area (Å²) >= 11 is 0. The molecule has 0 bridgehead atoms. The lowest BCUT2D eigenvalue weighted by molar-refractivity contribution is 0.157. The molecule has 1 aliphatic rings. The summed E-state index contributed by atoms with van der Waals surface area (Å²) in [5, 5.41) is 3.00. The van der Waals surface area contributed by atoms with Gasteiger partial charge in [0, 0.05) is 24.8 Å². The van der Waals surface area contributed by atoms with Crippen LogP contribution in [-0.2, 0) is 6.54 Å². The van der Waals surface area contributed by atoms with Gasteiger partial charge < -0.3 is 16.0 Å². The molecule has 4 heteroatoms. The van der Waals surface area contributed by atoms with Crippen LogP contribution in [0.1, 0.15) is 44.6 Å². The zero-order chi connectivity index (χ0) is 14.4. The maximum Gasteiger partial charge on any atom is 0.322 e. The van der Waals surface area contributed by atoms with Crippen LogP contribution in [0.15, 0.2) is 24.3 Å². The van der Waals surface area contributed by atoms with Crippen LogP contribution < -0.4 is 11.1 Å². The summed E-state index contributed by atoms with van der Waals surface area (Å²) in [4.78, 5) is 14.4. The van der Waals surface area contributed by atoms with Crippen molar-refractivity contribution in [1.82, 2.24) is 4.90 Å². The van der Waals surface area contributed by atoms with Crippen LogP contribution in [0.5, 0.6) is 0 Å². The van der Waals surface area contributed by atoms with E-state index in [4.69, 9.17) is 5.73 Å². The number of amides is 2. The van der Waals surface area contributed by atoms with E-state index in [0.29, 0.717) is 12.6 Å². The number of nitrogens with one attached hydrogen (secondary N) is 1. The number of nitrogens with two attached hydrogens (primary N) is 1. The number of hydrogen-bond donors (Lipinski definition) is 2. The summed E-state index contributed by atoms with van der Waals surface area (Å²) in [5.41, 5.74) is 7.49. The Bertz CT molecular complexity index is 428. The quantitative estimate of drug-likeness (QED) is 0.885. The summed E-state index contributed by atoms with van der Waals surface area (Å²) < 4.78 is 0. The lowest BCUT2D eigenvalue weighted by atomic mass is 9.99. The second-order valence-electron chi connectivity index (χ2n) is 5.46. The molecule has 0 radical (unpaired) electrons. The molecule has 2 rings (SSSR count). The minimum Gasteiger partial charge on any atom is -0.326 e. The van der Waals surface area contributed by atoms with Gasteiger partial charge in [-0.1, -0.05) is 25.5 Å². The third kappa shape index (κ3) is 3.73. The molecule has 1 aromatic rings. The van der Waals surface area contributed by atoms with Gasteiger partial charge in [0.05, 0.1) is 0 Å². The van der Waals surface area contributed by atoms with Crippen molar-refractivity contribution in [3.63, 3.8) is 0 Å². The number of rotatable bonds is 4. The number of benzene rings is 1. The number of carbonyl (C=O) groups is 1. The molecular weight excluding hydrogens is 250 g/mol. The normalized spacial score (nSPS) is 18.9. The first-order valence-electron chi connectivity index (χ1n) is 7.61. The highest BCUT2D eigenvalue weighted by Gasteiger charge is 2.25. The summed E-state index contributed by atoms with van der Waals surface area (Å²) in [6.07, 6.45) is 5.70. The second kappa shape index (κ2) is 7.29. The molecule has 20 heavy (non-hydrogen) atoms. The summed E-state index contributed by atoms with van der Waals surface area (Å²) in [6, 6.07) is 8.17. The topological polar surface area (TPSA) is 58.4 Å². The van der Waals surface area contributed by atoms with E-state index < -0.39 is 0 Å². The highest BCUT2D eigenvalue weighted by Crippen LogP contribution is 2.22. The summed E-state index contributed by atoms with van der Waals surface area (Å²) in [5.74, 6) is 0. The van der Waals surface area contributed by atoms with Crippen molar-refractivity contribution >= 4 is 11.7 Å². The third-order valence-electron chi connectivity index (χ3n) is 3.95. The molecule has 1 heterocycles. The first-order valence-corrected chi connectivity index (χ1v) is 7.61. The standard InChI is InChI=1S/C16H25N3O/c1-2-5-15-6-3-4-11-19(15)16(20)18-14-9-7-13(12-17)8-10-14/h7-10,15H,2-6,11-12,17H2,1H3,(H,18,20). The SMILES string of the molecule is CCCC1CCCCN1C(=O)Nc1ccc(CN)cc1.